The van der Waals surface area contributed by atoms with Crippen LogP contribution >= 0.6 is 0 Å². The molecule has 1 aliphatic rings. The van der Waals surface area contributed by atoms with E-state index >= 15 is 0 Å². The molecule has 76 valence electrons. The second-order valence-electron chi connectivity index (χ2n) is 3.58. The molecular formula is C9H18N2O2. The maximum atomic E-state index is 11.2. The lowest BCUT2D eigenvalue weighted by molar-refractivity contribution is -0.125. The zero-order valence-electron chi connectivity index (χ0n) is 8.30. The molecule has 0 bridgehead atoms. The van der Waals surface area contributed by atoms with Gasteiger partial charge in [-0.1, -0.05) is 6.92 Å². The lowest BCUT2D eigenvalue weighted by Crippen LogP contribution is -2.49. The zero-order valence-corrected chi connectivity index (χ0v) is 8.30. The molecule has 4 heteroatoms. The van der Waals surface area contributed by atoms with Crippen molar-refractivity contribution in [2.75, 3.05) is 26.8 Å². The summed E-state index contributed by atoms with van der Waals surface area (Å²) in [6.07, 6.45) is 1.01. The Labute approximate surface area is 79.0 Å². The van der Waals surface area contributed by atoms with Crippen molar-refractivity contribution in [1.82, 2.24) is 10.6 Å². The maximum absolute atomic E-state index is 11.2. The molecule has 4 nitrogen and oxygen atoms in total. The topological polar surface area (TPSA) is 50.4 Å². The molecule has 2 unspecified atom stereocenters. The van der Waals surface area contributed by atoms with Gasteiger partial charge in [-0.15, -0.1) is 0 Å². The van der Waals surface area contributed by atoms with E-state index in [-0.39, 0.29) is 12.5 Å². The lowest BCUT2D eigenvalue weighted by atomic mass is 9.95. The van der Waals surface area contributed by atoms with E-state index in [0.717, 1.165) is 19.5 Å². The fourth-order valence-electron chi connectivity index (χ4n) is 1.61. The van der Waals surface area contributed by atoms with E-state index in [4.69, 9.17) is 4.74 Å². The Morgan fingerprint density at radius 3 is 3.08 bits per heavy atom. The van der Waals surface area contributed by atoms with E-state index in [1.165, 1.54) is 7.11 Å². The number of rotatable bonds is 3. The van der Waals surface area contributed by atoms with Gasteiger partial charge in [0.15, 0.2) is 0 Å². The van der Waals surface area contributed by atoms with Crippen LogP contribution in [0.4, 0.5) is 0 Å². The summed E-state index contributed by atoms with van der Waals surface area (Å²) in [4.78, 5) is 11.2. The SMILES string of the molecule is COCC(=O)NC1CCNCC1C. The Morgan fingerprint density at radius 2 is 2.46 bits per heavy atom. The summed E-state index contributed by atoms with van der Waals surface area (Å²) < 4.78 is 4.75. The van der Waals surface area contributed by atoms with Crippen LogP contribution in [0.25, 0.3) is 0 Å². The number of hydrogen-bond acceptors (Lipinski definition) is 3. The van der Waals surface area contributed by atoms with Gasteiger partial charge in [0.25, 0.3) is 0 Å². The molecule has 0 radical (unpaired) electrons. The molecule has 1 saturated heterocycles. The molecule has 2 N–H and O–H groups in total. The van der Waals surface area contributed by atoms with Crippen LogP contribution in [-0.2, 0) is 9.53 Å². The molecule has 0 saturated carbocycles. The van der Waals surface area contributed by atoms with Crippen molar-refractivity contribution in [1.29, 1.82) is 0 Å². The number of nitrogens with one attached hydrogen (secondary N) is 2. The molecule has 0 aromatic heterocycles. The Balaban J connectivity index is 2.29. The number of methoxy groups -OCH3 is 1. The standard InChI is InChI=1S/C9H18N2O2/c1-7-5-10-4-3-8(7)11-9(12)6-13-2/h7-8,10H,3-6H2,1-2H3,(H,11,12). The van der Waals surface area contributed by atoms with Crippen LogP contribution in [0.15, 0.2) is 0 Å². The average Bonchev–Trinajstić information content (AvgIpc) is 2.09. The molecule has 1 fully saturated rings. The minimum atomic E-state index is -0.0127. The van der Waals surface area contributed by atoms with Gasteiger partial charge in [0.2, 0.25) is 5.91 Å². The normalized spacial score (nSPS) is 28.5. The maximum Gasteiger partial charge on any atom is 0.246 e. The van der Waals surface area contributed by atoms with Gasteiger partial charge in [-0.2, -0.15) is 0 Å². The van der Waals surface area contributed by atoms with Gasteiger partial charge in [0.1, 0.15) is 6.61 Å². The van der Waals surface area contributed by atoms with E-state index in [9.17, 15) is 4.79 Å². The van der Waals surface area contributed by atoms with Crippen LogP contribution in [0.1, 0.15) is 13.3 Å². The minimum absolute atomic E-state index is 0.0127. The van der Waals surface area contributed by atoms with Gasteiger partial charge in [-0.05, 0) is 25.4 Å². The first-order chi connectivity index (χ1) is 6.24. The van der Waals surface area contributed by atoms with Gasteiger partial charge < -0.3 is 15.4 Å². The number of carbonyl (C=O) groups is 1. The molecule has 0 aliphatic carbocycles. The Kier molecular flexibility index (Phi) is 4.18. The van der Waals surface area contributed by atoms with Crippen LogP contribution in [0, 0.1) is 5.92 Å². The van der Waals surface area contributed by atoms with Gasteiger partial charge in [-0.3, -0.25) is 4.79 Å². The molecule has 2 atom stereocenters. The van der Waals surface area contributed by atoms with Gasteiger partial charge in [-0.25, -0.2) is 0 Å². The van der Waals surface area contributed by atoms with Crippen molar-refractivity contribution in [3.63, 3.8) is 0 Å². The van der Waals surface area contributed by atoms with E-state index in [0.29, 0.717) is 12.0 Å². The second kappa shape index (κ2) is 5.19. The number of piperidine rings is 1. The van der Waals surface area contributed by atoms with Crippen molar-refractivity contribution in [2.45, 2.75) is 19.4 Å². The summed E-state index contributed by atoms with van der Waals surface area (Å²) in [5, 5.41) is 6.25. The molecule has 13 heavy (non-hydrogen) atoms. The summed E-state index contributed by atoms with van der Waals surface area (Å²) in [7, 11) is 1.53. The van der Waals surface area contributed by atoms with Crippen LogP contribution in [0.5, 0.6) is 0 Å². The lowest BCUT2D eigenvalue weighted by Gasteiger charge is -2.30. The van der Waals surface area contributed by atoms with Crippen LogP contribution in [0.3, 0.4) is 0 Å². The third-order valence-electron chi connectivity index (χ3n) is 2.41. The quantitative estimate of drug-likeness (QED) is 0.639. The summed E-state index contributed by atoms with van der Waals surface area (Å²) in [6.45, 7) is 4.28. The Bertz CT molecular complexity index is 173. The number of carbonyl (C=O) groups excluding carboxylic acids is 1. The molecule has 1 aliphatic heterocycles. The first-order valence-electron chi connectivity index (χ1n) is 4.73. The number of hydrogen-bond donors (Lipinski definition) is 2. The highest BCUT2D eigenvalue weighted by Crippen LogP contribution is 2.09. The Hall–Kier alpha value is -0.610. The predicted molar refractivity (Wildman–Crippen MR) is 50.5 cm³/mol. The fourth-order valence-corrected chi connectivity index (χ4v) is 1.61. The highest BCUT2D eigenvalue weighted by molar-refractivity contribution is 5.77. The van der Waals surface area contributed by atoms with E-state index < -0.39 is 0 Å². The first-order valence-corrected chi connectivity index (χ1v) is 4.73. The van der Waals surface area contributed by atoms with E-state index in [2.05, 4.69) is 17.6 Å². The van der Waals surface area contributed by atoms with Gasteiger partial charge >= 0.3 is 0 Å². The summed E-state index contributed by atoms with van der Waals surface area (Å²) >= 11 is 0. The summed E-state index contributed by atoms with van der Waals surface area (Å²) in [6, 6.07) is 0.309. The first kappa shape index (κ1) is 10.5. The van der Waals surface area contributed by atoms with Crippen LogP contribution < -0.4 is 10.6 Å². The third-order valence-corrected chi connectivity index (χ3v) is 2.41. The van der Waals surface area contributed by atoms with Crippen molar-refractivity contribution in [2.24, 2.45) is 5.92 Å². The molecule has 0 spiro atoms. The smallest absolute Gasteiger partial charge is 0.246 e. The number of amides is 1. The summed E-state index contributed by atoms with van der Waals surface area (Å²) in [5.74, 6) is 0.496. The largest absolute Gasteiger partial charge is 0.375 e. The average molecular weight is 186 g/mol. The molecule has 0 aromatic carbocycles. The van der Waals surface area contributed by atoms with E-state index in [1.54, 1.807) is 0 Å². The highest BCUT2D eigenvalue weighted by Gasteiger charge is 2.22. The minimum Gasteiger partial charge on any atom is -0.375 e. The Morgan fingerprint density at radius 1 is 1.69 bits per heavy atom. The van der Waals surface area contributed by atoms with Crippen LogP contribution in [-0.4, -0.2) is 38.8 Å². The molecule has 0 aromatic rings. The van der Waals surface area contributed by atoms with E-state index in [1.807, 2.05) is 0 Å². The molecule has 1 amide bonds. The monoisotopic (exact) mass is 186 g/mol. The van der Waals surface area contributed by atoms with Crippen molar-refractivity contribution >= 4 is 5.91 Å². The van der Waals surface area contributed by atoms with Crippen molar-refractivity contribution < 1.29 is 9.53 Å². The van der Waals surface area contributed by atoms with Gasteiger partial charge in [0, 0.05) is 13.2 Å². The van der Waals surface area contributed by atoms with Gasteiger partial charge in [0.05, 0.1) is 0 Å². The van der Waals surface area contributed by atoms with Crippen molar-refractivity contribution in [3.8, 4) is 0 Å². The number of ether oxygens (including phenoxy) is 1. The molecule has 1 rings (SSSR count). The summed E-state index contributed by atoms with van der Waals surface area (Å²) in [5.41, 5.74) is 0. The zero-order chi connectivity index (χ0) is 9.68. The predicted octanol–water partition coefficient (Wildman–Crippen LogP) is -0.253. The second-order valence-corrected chi connectivity index (χ2v) is 3.58. The van der Waals surface area contributed by atoms with Crippen molar-refractivity contribution in [3.05, 3.63) is 0 Å². The fraction of sp³-hybridized carbons (Fsp3) is 0.889. The third kappa shape index (κ3) is 3.32. The molecule has 1 heterocycles. The molecular weight excluding hydrogens is 168 g/mol. The van der Waals surface area contributed by atoms with Crippen LogP contribution in [0.2, 0.25) is 0 Å². The highest BCUT2D eigenvalue weighted by atomic mass is 16.5.